The molecule has 0 bridgehead atoms. The van der Waals surface area contributed by atoms with E-state index in [1.54, 1.807) is 4.90 Å². The van der Waals surface area contributed by atoms with Gasteiger partial charge in [-0.3, -0.25) is 0 Å². The lowest BCUT2D eigenvalue weighted by atomic mass is 10.0. The van der Waals surface area contributed by atoms with E-state index in [4.69, 9.17) is 0 Å². The van der Waals surface area contributed by atoms with Crippen molar-refractivity contribution in [2.24, 2.45) is 0 Å². The summed E-state index contributed by atoms with van der Waals surface area (Å²) >= 11 is 0. The highest BCUT2D eigenvalue weighted by molar-refractivity contribution is 5.64. The molecule has 0 aromatic heterocycles. The van der Waals surface area contributed by atoms with Gasteiger partial charge in [0, 0.05) is 5.97 Å². The zero-order valence-electron chi connectivity index (χ0n) is 32.8. The van der Waals surface area contributed by atoms with Crippen molar-refractivity contribution < 1.29 is 14.8 Å². The first-order valence-electron chi connectivity index (χ1n) is 21.5. The number of carbonyl (C=O) groups excluding carboxylic acids is 1. The van der Waals surface area contributed by atoms with Crippen LogP contribution in [0.15, 0.2) is 0 Å². The lowest BCUT2D eigenvalue weighted by Crippen LogP contribution is -3.14. The molecular formula is C43H89NO2. The van der Waals surface area contributed by atoms with Gasteiger partial charge in [0.15, 0.2) is 0 Å². The summed E-state index contributed by atoms with van der Waals surface area (Å²) in [6, 6.07) is 0.797. The normalized spacial score (nSPS) is 12.0. The van der Waals surface area contributed by atoms with Crippen LogP contribution in [0.25, 0.3) is 0 Å². The van der Waals surface area contributed by atoms with Gasteiger partial charge in [0.05, 0.1) is 19.1 Å². The van der Waals surface area contributed by atoms with Gasteiger partial charge in [0.1, 0.15) is 0 Å². The monoisotopic (exact) mass is 652 g/mol. The molecule has 0 aromatic carbocycles. The number of carbonyl (C=O) groups is 1. The van der Waals surface area contributed by atoms with Gasteiger partial charge in [-0.2, -0.15) is 0 Å². The number of rotatable bonds is 37. The minimum atomic E-state index is -0.903. The van der Waals surface area contributed by atoms with Crippen molar-refractivity contribution in [2.45, 2.75) is 259 Å². The molecule has 0 fully saturated rings. The lowest BCUT2D eigenvalue weighted by molar-refractivity contribution is -0.920. The van der Waals surface area contributed by atoms with Gasteiger partial charge in [-0.15, -0.1) is 0 Å². The van der Waals surface area contributed by atoms with Crippen LogP contribution in [0.5, 0.6) is 0 Å². The quantitative estimate of drug-likeness (QED) is 0.0679. The van der Waals surface area contributed by atoms with Gasteiger partial charge in [-0.05, 0) is 46.5 Å². The summed E-state index contributed by atoms with van der Waals surface area (Å²) in [6.07, 6.45) is 46.3. The summed E-state index contributed by atoms with van der Waals surface area (Å²) in [5, 5.41) is 10.2. The standard InChI is InChI=1S/C25H53N.C18H36O2/c1-5-7-8-9-10-11-12-13-14-15-16-17-18-19-20-21-22-23-24-26(6-2)25(3)4;1-2-3-4-5-6-7-8-9-10-11-12-13-14-15-16-17-18(19)20/h25H,5-24H2,1-4H3;2-17H2,1H3,(H,19,20). The Hall–Kier alpha value is -0.570. The summed E-state index contributed by atoms with van der Waals surface area (Å²) < 4.78 is 0. The Morgan fingerprint density at radius 1 is 0.413 bits per heavy atom. The molecule has 0 aliphatic heterocycles. The molecular weight excluding hydrogens is 562 g/mol. The van der Waals surface area contributed by atoms with Crippen molar-refractivity contribution in [3.05, 3.63) is 0 Å². The Morgan fingerprint density at radius 3 is 0.870 bits per heavy atom. The van der Waals surface area contributed by atoms with Crippen molar-refractivity contribution in [3.8, 4) is 0 Å². The molecule has 0 aromatic rings. The molecule has 278 valence electrons. The highest BCUT2D eigenvalue weighted by atomic mass is 16.4. The van der Waals surface area contributed by atoms with Crippen molar-refractivity contribution >= 4 is 5.97 Å². The van der Waals surface area contributed by atoms with Gasteiger partial charge >= 0.3 is 0 Å². The van der Waals surface area contributed by atoms with E-state index in [-0.39, 0.29) is 6.42 Å². The van der Waals surface area contributed by atoms with Crippen molar-refractivity contribution in [1.82, 2.24) is 0 Å². The smallest absolute Gasteiger partial charge is 0.0817 e. The van der Waals surface area contributed by atoms with E-state index in [2.05, 4.69) is 34.6 Å². The summed E-state index contributed by atoms with van der Waals surface area (Å²) in [4.78, 5) is 12.0. The molecule has 3 heteroatoms. The second-order valence-electron chi connectivity index (χ2n) is 15.0. The second kappa shape index (κ2) is 42.5. The molecule has 0 saturated heterocycles. The number of quaternary nitrogens is 1. The minimum Gasteiger partial charge on any atom is -0.550 e. The van der Waals surface area contributed by atoms with E-state index >= 15 is 0 Å². The van der Waals surface area contributed by atoms with Crippen LogP contribution in [-0.4, -0.2) is 25.1 Å². The maximum absolute atomic E-state index is 10.2. The SMILES string of the molecule is CCCCCCCCCCCCCCCCCC(=O)[O-].CCCCCCCCCCCCCCCCCCCC[NH+](CC)C(C)C. The van der Waals surface area contributed by atoms with Crippen LogP contribution < -0.4 is 10.0 Å². The number of hydrogen-bond donors (Lipinski definition) is 1. The molecule has 1 unspecified atom stereocenters. The summed E-state index contributed by atoms with van der Waals surface area (Å²) in [5.74, 6) is -0.903. The first kappa shape index (κ1) is 47.5. The average molecular weight is 652 g/mol. The van der Waals surface area contributed by atoms with Crippen LogP contribution >= 0.6 is 0 Å². The minimum absolute atomic E-state index is 0.234. The Kier molecular flexibility index (Phi) is 43.9. The molecule has 1 atom stereocenters. The van der Waals surface area contributed by atoms with Gasteiger partial charge in [0.2, 0.25) is 0 Å². The second-order valence-corrected chi connectivity index (χ2v) is 15.0. The molecule has 0 amide bonds. The Balaban J connectivity index is 0. The van der Waals surface area contributed by atoms with Crippen molar-refractivity contribution in [1.29, 1.82) is 0 Å². The fourth-order valence-electron chi connectivity index (χ4n) is 6.77. The molecule has 0 heterocycles. The first-order valence-corrected chi connectivity index (χ1v) is 21.5. The third kappa shape index (κ3) is 43.4. The predicted molar refractivity (Wildman–Crippen MR) is 205 cm³/mol. The van der Waals surface area contributed by atoms with Crippen LogP contribution in [-0.2, 0) is 4.79 Å². The van der Waals surface area contributed by atoms with Gasteiger partial charge in [-0.1, -0.05) is 206 Å². The molecule has 0 rings (SSSR count). The molecule has 3 nitrogen and oxygen atoms in total. The number of carboxylic acids is 1. The number of aliphatic carboxylic acids is 1. The predicted octanol–water partition coefficient (Wildman–Crippen LogP) is 12.3. The molecule has 0 saturated carbocycles. The van der Waals surface area contributed by atoms with Gasteiger partial charge in [0.25, 0.3) is 0 Å². The van der Waals surface area contributed by atoms with E-state index in [9.17, 15) is 9.90 Å². The highest BCUT2D eigenvalue weighted by Crippen LogP contribution is 2.15. The highest BCUT2D eigenvalue weighted by Gasteiger charge is 2.09. The molecule has 0 aliphatic carbocycles. The topological polar surface area (TPSA) is 44.6 Å². The maximum Gasteiger partial charge on any atom is 0.0817 e. The van der Waals surface area contributed by atoms with Crippen molar-refractivity contribution in [3.63, 3.8) is 0 Å². The number of carboxylic acid groups (broad SMARTS) is 1. The Labute approximate surface area is 292 Å². The van der Waals surface area contributed by atoms with Crippen LogP contribution in [0.3, 0.4) is 0 Å². The van der Waals surface area contributed by atoms with E-state index in [1.165, 1.54) is 212 Å². The fraction of sp³-hybridized carbons (Fsp3) is 0.977. The largest absolute Gasteiger partial charge is 0.550 e. The zero-order valence-corrected chi connectivity index (χ0v) is 32.8. The zero-order chi connectivity index (χ0) is 34.2. The average Bonchev–Trinajstić information content (AvgIpc) is 3.04. The summed E-state index contributed by atoms with van der Waals surface area (Å²) in [6.45, 7) is 14.3. The van der Waals surface area contributed by atoms with Gasteiger partial charge < -0.3 is 14.8 Å². The number of unbranched alkanes of at least 4 members (excludes halogenated alkanes) is 31. The van der Waals surface area contributed by atoms with Crippen LogP contribution in [0, 0.1) is 0 Å². The molecule has 0 aliphatic rings. The number of hydrogen-bond acceptors (Lipinski definition) is 2. The molecule has 0 radical (unpaired) electrons. The summed E-state index contributed by atoms with van der Waals surface area (Å²) in [7, 11) is 0. The van der Waals surface area contributed by atoms with Crippen LogP contribution in [0.1, 0.15) is 253 Å². The first-order chi connectivity index (χ1) is 22.5. The number of nitrogens with one attached hydrogen (secondary N) is 1. The van der Waals surface area contributed by atoms with Crippen LogP contribution in [0.4, 0.5) is 0 Å². The third-order valence-electron chi connectivity index (χ3n) is 10.1. The molecule has 0 spiro atoms. The molecule has 1 N–H and O–H groups in total. The summed E-state index contributed by atoms with van der Waals surface area (Å²) in [5.41, 5.74) is 0. The Bertz CT molecular complexity index is 549. The van der Waals surface area contributed by atoms with E-state index in [1.807, 2.05) is 0 Å². The lowest BCUT2D eigenvalue weighted by Gasteiger charge is -2.21. The van der Waals surface area contributed by atoms with Gasteiger partial charge in [-0.25, -0.2) is 0 Å². The van der Waals surface area contributed by atoms with Crippen LogP contribution in [0.2, 0.25) is 0 Å². The Morgan fingerprint density at radius 2 is 0.652 bits per heavy atom. The van der Waals surface area contributed by atoms with Crippen molar-refractivity contribution in [2.75, 3.05) is 13.1 Å². The van der Waals surface area contributed by atoms with E-state index in [0.29, 0.717) is 0 Å². The third-order valence-corrected chi connectivity index (χ3v) is 10.1. The maximum atomic E-state index is 10.2. The van der Waals surface area contributed by atoms with E-state index in [0.717, 1.165) is 18.9 Å². The fourth-order valence-corrected chi connectivity index (χ4v) is 6.77. The molecule has 46 heavy (non-hydrogen) atoms. The van der Waals surface area contributed by atoms with E-state index < -0.39 is 5.97 Å².